The molecule has 1 unspecified atom stereocenters. The summed E-state index contributed by atoms with van der Waals surface area (Å²) in [7, 11) is 0. The molecule has 0 amide bonds. The Labute approximate surface area is 122 Å². The quantitative estimate of drug-likeness (QED) is 0.718. The largest absolute Gasteiger partial charge is 0.361 e. The van der Waals surface area contributed by atoms with Gasteiger partial charge in [-0.25, -0.2) is 0 Å². The van der Waals surface area contributed by atoms with Crippen molar-refractivity contribution in [1.29, 1.82) is 0 Å². The third-order valence-electron chi connectivity index (χ3n) is 3.85. The van der Waals surface area contributed by atoms with Gasteiger partial charge in [0.2, 0.25) is 0 Å². The highest BCUT2D eigenvalue weighted by Gasteiger charge is 2.20. The molecule has 2 heterocycles. The fraction of sp³-hybridized carbons (Fsp3) is 0.333. The Kier molecular flexibility index (Phi) is 3.01. The Hall–Kier alpha value is -1.88. The van der Waals surface area contributed by atoms with Crippen LogP contribution in [0.4, 0.5) is 0 Å². The van der Waals surface area contributed by atoms with Gasteiger partial charge in [0.05, 0.1) is 22.8 Å². The highest BCUT2D eigenvalue weighted by Crippen LogP contribution is 2.29. The Morgan fingerprint density at radius 3 is 2.70 bits per heavy atom. The number of hydrogen-bond donors (Lipinski definition) is 1. The van der Waals surface area contributed by atoms with E-state index in [0.29, 0.717) is 0 Å². The standard InChI is InChI=1S/C15H17N3OS/c1-8-6-5-7-12-14(8)16-15(20)18(12)10(3)13-9(2)17-19-11(13)4/h5-7,10H,1-4H3,(H,16,20). The van der Waals surface area contributed by atoms with Crippen LogP contribution in [0, 0.1) is 25.5 Å². The van der Waals surface area contributed by atoms with Crippen molar-refractivity contribution in [2.24, 2.45) is 0 Å². The van der Waals surface area contributed by atoms with Crippen LogP contribution in [-0.4, -0.2) is 14.7 Å². The van der Waals surface area contributed by atoms with E-state index >= 15 is 0 Å². The number of hydrogen-bond acceptors (Lipinski definition) is 3. The number of aromatic amines is 1. The van der Waals surface area contributed by atoms with Crippen molar-refractivity contribution in [1.82, 2.24) is 14.7 Å². The lowest BCUT2D eigenvalue weighted by Gasteiger charge is -2.14. The first-order valence-electron chi connectivity index (χ1n) is 6.63. The van der Waals surface area contributed by atoms with Gasteiger partial charge in [-0.3, -0.25) is 0 Å². The summed E-state index contributed by atoms with van der Waals surface area (Å²) in [5, 5.41) is 4.04. The molecule has 1 N–H and O–H groups in total. The summed E-state index contributed by atoms with van der Waals surface area (Å²) in [6, 6.07) is 6.31. The van der Waals surface area contributed by atoms with Gasteiger partial charge in [-0.05, 0) is 51.5 Å². The van der Waals surface area contributed by atoms with Crippen molar-refractivity contribution < 1.29 is 4.52 Å². The molecule has 1 aromatic carbocycles. The molecule has 0 saturated heterocycles. The molecule has 0 aliphatic heterocycles. The number of nitrogens with zero attached hydrogens (tertiary/aromatic N) is 2. The van der Waals surface area contributed by atoms with E-state index in [4.69, 9.17) is 16.7 Å². The van der Waals surface area contributed by atoms with Gasteiger partial charge in [-0.15, -0.1) is 0 Å². The smallest absolute Gasteiger partial charge is 0.178 e. The minimum atomic E-state index is 0.0873. The van der Waals surface area contributed by atoms with Gasteiger partial charge in [0.1, 0.15) is 5.76 Å². The van der Waals surface area contributed by atoms with E-state index in [1.54, 1.807) is 0 Å². The maximum Gasteiger partial charge on any atom is 0.178 e. The summed E-state index contributed by atoms with van der Waals surface area (Å²) in [4.78, 5) is 3.30. The zero-order valence-electron chi connectivity index (χ0n) is 12.0. The normalized spacial score (nSPS) is 13.0. The zero-order chi connectivity index (χ0) is 14.4. The number of rotatable bonds is 2. The van der Waals surface area contributed by atoms with Crippen LogP contribution < -0.4 is 0 Å². The molecule has 0 fully saturated rings. The fourth-order valence-electron chi connectivity index (χ4n) is 2.89. The van der Waals surface area contributed by atoms with Gasteiger partial charge in [0.25, 0.3) is 0 Å². The molecule has 5 heteroatoms. The average Bonchev–Trinajstić information content (AvgIpc) is 2.90. The number of nitrogens with one attached hydrogen (secondary N) is 1. The van der Waals surface area contributed by atoms with E-state index in [1.807, 2.05) is 13.8 Å². The molecule has 0 aliphatic carbocycles. The number of aryl methyl sites for hydroxylation is 3. The molecule has 0 aliphatic rings. The Balaban J connectivity index is 2.28. The minimum Gasteiger partial charge on any atom is -0.361 e. The van der Waals surface area contributed by atoms with E-state index in [0.717, 1.165) is 32.8 Å². The maximum absolute atomic E-state index is 5.51. The van der Waals surface area contributed by atoms with Gasteiger partial charge in [-0.1, -0.05) is 17.3 Å². The van der Waals surface area contributed by atoms with Crippen LogP contribution in [0.15, 0.2) is 22.7 Å². The molecule has 3 rings (SSSR count). The van der Waals surface area contributed by atoms with E-state index in [2.05, 4.69) is 46.8 Å². The van der Waals surface area contributed by atoms with E-state index in [9.17, 15) is 0 Å². The molecular formula is C15H17N3OS. The molecule has 1 atom stereocenters. The zero-order valence-corrected chi connectivity index (χ0v) is 12.8. The molecule has 2 aromatic heterocycles. The molecule has 20 heavy (non-hydrogen) atoms. The van der Waals surface area contributed by atoms with E-state index in [1.165, 1.54) is 5.56 Å². The second-order valence-corrected chi connectivity index (χ2v) is 5.57. The highest BCUT2D eigenvalue weighted by atomic mass is 32.1. The minimum absolute atomic E-state index is 0.0873. The van der Waals surface area contributed by atoms with E-state index in [-0.39, 0.29) is 6.04 Å². The molecule has 3 aromatic rings. The van der Waals surface area contributed by atoms with Crippen molar-refractivity contribution in [3.05, 3.63) is 45.6 Å². The lowest BCUT2D eigenvalue weighted by molar-refractivity contribution is 0.391. The van der Waals surface area contributed by atoms with Crippen molar-refractivity contribution in [2.45, 2.75) is 33.7 Å². The Morgan fingerprint density at radius 1 is 1.30 bits per heavy atom. The van der Waals surface area contributed by atoms with Crippen LogP contribution in [0.25, 0.3) is 11.0 Å². The highest BCUT2D eigenvalue weighted by molar-refractivity contribution is 7.71. The second kappa shape index (κ2) is 4.59. The summed E-state index contributed by atoms with van der Waals surface area (Å²) in [5.74, 6) is 0.846. The maximum atomic E-state index is 5.51. The third kappa shape index (κ3) is 1.81. The molecule has 0 saturated carbocycles. The van der Waals surface area contributed by atoms with Crippen LogP contribution in [0.1, 0.15) is 35.5 Å². The Bertz CT molecular complexity index is 821. The van der Waals surface area contributed by atoms with Gasteiger partial charge in [-0.2, -0.15) is 0 Å². The topological polar surface area (TPSA) is 46.8 Å². The number of fused-ring (bicyclic) bond motifs is 1. The molecule has 0 radical (unpaired) electrons. The first-order chi connectivity index (χ1) is 9.50. The predicted molar refractivity (Wildman–Crippen MR) is 81.6 cm³/mol. The SMILES string of the molecule is Cc1noc(C)c1C(C)n1c(=S)[nH]c2c(C)cccc21. The third-order valence-corrected chi connectivity index (χ3v) is 4.15. The van der Waals surface area contributed by atoms with Crippen LogP contribution in [0.5, 0.6) is 0 Å². The molecule has 0 bridgehead atoms. The van der Waals surface area contributed by atoms with Crippen LogP contribution in [0.2, 0.25) is 0 Å². The summed E-state index contributed by atoms with van der Waals surface area (Å²) in [6.07, 6.45) is 0. The number of imidazole rings is 1. The van der Waals surface area contributed by atoms with Crippen LogP contribution >= 0.6 is 12.2 Å². The summed E-state index contributed by atoms with van der Waals surface area (Å²) in [6.45, 7) is 8.11. The summed E-state index contributed by atoms with van der Waals surface area (Å²) < 4.78 is 8.14. The Morgan fingerprint density at radius 2 is 2.05 bits per heavy atom. The molecule has 0 spiro atoms. The van der Waals surface area contributed by atoms with Gasteiger partial charge < -0.3 is 14.1 Å². The molecule has 4 nitrogen and oxygen atoms in total. The lowest BCUT2D eigenvalue weighted by atomic mass is 10.1. The number of benzene rings is 1. The van der Waals surface area contributed by atoms with Crippen LogP contribution in [-0.2, 0) is 0 Å². The van der Waals surface area contributed by atoms with Gasteiger partial charge >= 0.3 is 0 Å². The number of para-hydroxylation sites is 1. The van der Waals surface area contributed by atoms with Gasteiger partial charge in [0, 0.05) is 5.56 Å². The van der Waals surface area contributed by atoms with E-state index < -0.39 is 0 Å². The second-order valence-electron chi connectivity index (χ2n) is 5.18. The monoisotopic (exact) mass is 287 g/mol. The molecule has 104 valence electrons. The fourth-order valence-corrected chi connectivity index (χ4v) is 3.25. The number of H-pyrrole nitrogens is 1. The summed E-state index contributed by atoms with van der Waals surface area (Å²) >= 11 is 5.51. The van der Waals surface area contributed by atoms with Crippen molar-refractivity contribution in [2.75, 3.05) is 0 Å². The van der Waals surface area contributed by atoms with Gasteiger partial charge in [0.15, 0.2) is 4.77 Å². The summed E-state index contributed by atoms with van der Waals surface area (Å²) in [5.41, 5.74) is 5.42. The van der Waals surface area contributed by atoms with Crippen LogP contribution in [0.3, 0.4) is 0 Å². The number of aromatic nitrogens is 3. The van der Waals surface area contributed by atoms with Crippen molar-refractivity contribution in [3.63, 3.8) is 0 Å². The predicted octanol–water partition coefficient (Wildman–Crippen LogP) is 4.22. The van der Waals surface area contributed by atoms with Crippen molar-refractivity contribution in [3.8, 4) is 0 Å². The average molecular weight is 287 g/mol. The first-order valence-corrected chi connectivity index (χ1v) is 7.04. The molecular weight excluding hydrogens is 270 g/mol. The lowest BCUT2D eigenvalue weighted by Crippen LogP contribution is -2.08. The first kappa shape index (κ1) is 13.1. The van der Waals surface area contributed by atoms with Crippen molar-refractivity contribution >= 4 is 23.3 Å².